The standard InChI is InChI=1S/C11H12F2O/c1-2-10(14)11(12,13)8-9-6-4-3-5-7-9/h2-7,10,14H,1,8H2. The molecule has 0 saturated heterocycles. The highest BCUT2D eigenvalue weighted by Crippen LogP contribution is 2.24. The molecule has 0 fully saturated rings. The zero-order valence-corrected chi connectivity index (χ0v) is 7.66. The van der Waals surface area contributed by atoms with Crippen molar-refractivity contribution in [3.05, 3.63) is 48.6 Å². The Hall–Kier alpha value is -1.22. The molecule has 0 aliphatic heterocycles. The first-order chi connectivity index (χ1) is 6.56. The van der Waals surface area contributed by atoms with E-state index in [-0.39, 0.29) is 0 Å². The fraction of sp³-hybridized carbons (Fsp3) is 0.273. The molecule has 0 aliphatic rings. The molecule has 14 heavy (non-hydrogen) atoms. The molecule has 0 saturated carbocycles. The molecule has 0 radical (unpaired) electrons. The molecular formula is C11H12F2O. The van der Waals surface area contributed by atoms with Crippen molar-refractivity contribution in [3.8, 4) is 0 Å². The van der Waals surface area contributed by atoms with E-state index in [1.807, 2.05) is 0 Å². The van der Waals surface area contributed by atoms with Crippen LogP contribution >= 0.6 is 0 Å². The minimum Gasteiger partial charge on any atom is -0.383 e. The molecular weight excluding hydrogens is 186 g/mol. The Labute approximate surface area is 81.7 Å². The molecule has 76 valence electrons. The number of halogens is 2. The number of hydrogen-bond acceptors (Lipinski definition) is 1. The van der Waals surface area contributed by atoms with Gasteiger partial charge in [0.15, 0.2) is 0 Å². The molecule has 1 aromatic carbocycles. The molecule has 1 nitrogen and oxygen atoms in total. The lowest BCUT2D eigenvalue weighted by Gasteiger charge is -2.19. The summed E-state index contributed by atoms with van der Waals surface area (Å²) in [5, 5.41) is 8.98. The Balaban J connectivity index is 2.73. The first kappa shape index (κ1) is 10.9. The van der Waals surface area contributed by atoms with E-state index in [4.69, 9.17) is 5.11 Å². The summed E-state index contributed by atoms with van der Waals surface area (Å²) in [6, 6.07) is 8.33. The third kappa shape index (κ3) is 2.64. The molecule has 0 aliphatic carbocycles. The number of alkyl halides is 2. The molecule has 0 heterocycles. The predicted molar refractivity (Wildman–Crippen MR) is 51.3 cm³/mol. The zero-order valence-electron chi connectivity index (χ0n) is 7.66. The van der Waals surface area contributed by atoms with Crippen LogP contribution in [-0.4, -0.2) is 17.1 Å². The van der Waals surface area contributed by atoms with Crippen LogP contribution in [0.15, 0.2) is 43.0 Å². The zero-order chi connectivity index (χ0) is 10.6. The predicted octanol–water partition coefficient (Wildman–Crippen LogP) is 2.41. The summed E-state index contributed by atoms with van der Waals surface area (Å²) in [6.45, 7) is 3.14. The van der Waals surface area contributed by atoms with Gasteiger partial charge in [0.2, 0.25) is 0 Å². The average molecular weight is 198 g/mol. The first-order valence-corrected chi connectivity index (χ1v) is 4.28. The van der Waals surface area contributed by atoms with E-state index in [2.05, 4.69) is 6.58 Å². The maximum atomic E-state index is 13.2. The highest BCUT2D eigenvalue weighted by molar-refractivity contribution is 5.17. The molecule has 3 heteroatoms. The number of benzene rings is 1. The van der Waals surface area contributed by atoms with Gasteiger partial charge in [-0.25, -0.2) is 8.78 Å². The van der Waals surface area contributed by atoms with Crippen LogP contribution in [0.5, 0.6) is 0 Å². The van der Waals surface area contributed by atoms with Gasteiger partial charge in [-0.2, -0.15) is 0 Å². The quantitative estimate of drug-likeness (QED) is 0.736. The summed E-state index contributed by atoms with van der Waals surface area (Å²) in [6.07, 6.45) is -1.41. The van der Waals surface area contributed by atoms with Crippen LogP contribution in [0.3, 0.4) is 0 Å². The highest BCUT2D eigenvalue weighted by Gasteiger charge is 2.36. The van der Waals surface area contributed by atoms with Crippen molar-refractivity contribution >= 4 is 0 Å². The largest absolute Gasteiger partial charge is 0.383 e. The Morgan fingerprint density at radius 2 is 1.93 bits per heavy atom. The van der Waals surface area contributed by atoms with Crippen LogP contribution in [0.1, 0.15) is 5.56 Å². The lowest BCUT2D eigenvalue weighted by Crippen LogP contribution is -2.33. The van der Waals surface area contributed by atoms with Gasteiger partial charge in [-0.1, -0.05) is 36.4 Å². The minimum atomic E-state index is -3.15. The molecule has 1 unspecified atom stereocenters. The minimum absolute atomic E-state index is 0.471. The van der Waals surface area contributed by atoms with Crippen LogP contribution in [0, 0.1) is 0 Å². The van der Waals surface area contributed by atoms with Crippen molar-refractivity contribution in [2.45, 2.75) is 18.4 Å². The van der Waals surface area contributed by atoms with Crippen molar-refractivity contribution in [1.29, 1.82) is 0 Å². The fourth-order valence-corrected chi connectivity index (χ4v) is 1.15. The second-order valence-corrected chi connectivity index (χ2v) is 3.10. The van der Waals surface area contributed by atoms with E-state index >= 15 is 0 Å². The van der Waals surface area contributed by atoms with Crippen LogP contribution in [0.4, 0.5) is 8.78 Å². The van der Waals surface area contributed by atoms with E-state index in [1.165, 1.54) is 0 Å². The maximum absolute atomic E-state index is 13.2. The van der Waals surface area contributed by atoms with Gasteiger partial charge in [-0.15, -0.1) is 6.58 Å². The van der Waals surface area contributed by atoms with Crippen LogP contribution in [-0.2, 0) is 6.42 Å². The summed E-state index contributed by atoms with van der Waals surface area (Å²) < 4.78 is 26.4. The molecule has 0 spiro atoms. The average Bonchev–Trinajstić information content (AvgIpc) is 2.17. The molecule has 0 aromatic heterocycles. The molecule has 1 rings (SSSR count). The van der Waals surface area contributed by atoms with Crippen molar-refractivity contribution < 1.29 is 13.9 Å². The monoisotopic (exact) mass is 198 g/mol. The van der Waals surface area contributed by atoms with E-state index < -0.39 is 18.4 Å². The van der Waals surface area contributed by atoms with E-state index in [9.17, 15) is 8.78 Å². The van der Waals surface area contributed by atoms with E-state index in [0.717, 1.165) is 6.08 Å². The third-order valence-corrected chi connectivity index (χ3v) is 1.94. The summed E-state index contributed by atoms with van der Waals surface area (Å²) >= 11 is 0. The first-order valence-electron chi connectivity index (χ1n) is 4.28. The molecule has 1 atom stereocenters. The molecule has 1 aromatic rings. The smallest absolute Gasteiger partial charge is 0.280 e. The van der Waals surface area contributed by atoms with Gasteiger partial charge in [-0.3, -0.25) is 0 Å². The third-order valence-electron chi connectivity index (χ3n) is 1.94. The van der Waals surface area contributed by atoms with Crippen molar-refractivity contribution in [1.82, 2.24) is 0 Å². The van der Waals surface area contributed by atoms with Crippen molar-refractivity contribution in [3.63, 3.8) is 0 Å². The van der Waals surface area contributed by atoms with Crippen molar-refractivity contribution in [2.75, 3.05) is 0 Å². The topological polar surface area (TPSA) is 20.2 Å². The summed E-state index contributed by atoms with van der Waals surface area (Å²) in [4.78, 5) is 0. The van der Waals surface area contributed by atoms with E-state index in [1.54, 1.807) is 30.3 Å². The van der Waals surface area contributed by atoms with Crippen LogP contribution in [0.2, 0.25) is 0 Å². The number of aliphatic hydroxyl groups is 1. The maximum Gasteiger partial charge on any atom is 0.280 e. The molecule has 0 bridgehead atoms. The second-order valence-electron chi connectivity index (χ2n) is 3.10. The van der Waals surface area contributed by atoms with Gasteiger partial charge in [0, 0.05) is 6.42 Å². The molecule has 1 N–H and O–H groups in total. The summed E-state index contributed by atoms with van der Waals surface area (Å²) in [5.74, 6) is -3.15. The fourth-order valence-electron chi connectivity index (χ4n) is 1.15. The lowest BCUT2D eigenvalue weighted by molar-refractivity contribution is -0.0850. The van der Waals surface area contributed by atoms with Gasteiger partial charge in [0.25, 0.3) is 5.92 Å². The normalized spacial score (nSPS) is 13.6. The SMILES string of the molecule is C=CC(O)C(F)(F)Cc1ccccc1. The highest BCUT2D eigenvalue weighted by atomic mass is 19.3. The van der Waals surface area contributed by atoms with E-state index in [0.29, 0.717) is 5.56 Å². The van der Waals surface area contributed by atoms with Gasteiger partial charge in [-0.05, 0) is 5.56 Å². The van der Waals surface area contributed by atoms with Gasteiger partial charge in [0.05, 0.1) is 0 Å². The molecule has 0 amide bonds. The lowest BCUT2D eigenvalue weighted by atomic mass is 10.0. The Kier molecular flexibility index (Phi) is 3.36. The van der Waals surface area contributed by atoms with Crippen LogP contribution < -0.4 is 0 Å². The van der Waals surface area contributed by atoms with Crippen LogP contribution in [0.25, 0.3) is 0 Å². The summed E-state index contributed by atoms with van der Waals surface area (Å²) in [5.41, 5.74) is 0.499. The number of aliphatic hydroxyl groups excluding tert-OH is 1. The van der Waals surface area contributed by atoms with Crippen molar-refractivity contribution in [2.24, 2.45) is 0 Å². The van der Waals surface area contributed by atoms with Gasteiger partial charge in [0.1, 0.15) is 6.10 Å². The Morgan fingerprint density at radius 1 is 1.36 bits per heavy atom. The summed E-state index contributed by atoms with van der Waals surface area (Å²) in [7, 11) is 0. The van der Waals surface area contributed by atoms with Gasteiger partial charge < -0.3 is 5.11 Å². The Bertz CT molecular complexity index is 295. The Morgan fingerprint density at radius 3 is 2.43 bits per heavy atom. The number of rotatable bonds is 4. The number of hydrogen-bond donors (Lipinski definition) is 1. The van der Waals surface area contributed by atoms with Gasteiger partial charge >= 0.3 is 0 Å². The second kappa shape index (κ2) is 4.33.